The van der Waals surface area contributed by atoms with Crippen LogP contribution in [0.5, 0.6) is 5.75 Å². The Morgan fingerprint density at radius 1 is 0.944 bits per heavy atom. The first kappa shape index (κ1) is 25.3. The molecule has 0 atom stereocenters. The quantitative estimate of drug-likeness (QED) is 0.431. The van der Waals surface area contributed by atoms with Gasteiger partial charge in [-0.15, -0.1) is 0 Å². The maximum Gasteiger partial charge on any atom is 0.262 e. The molecule has 3 aromatic carbocycles. The predicted molar refractivity (Wildman–Crippen MR) is 145 cm³/mol. The normalized spacial score (nSPS) is 13.9. The summed E-state index contributed by atoms with van der Waals surface area (Å²) in [5.41, 5.74) is 3.44. The van der Waals surface area contributed by atoms with Crippen LogP contribution in [0.25, 0.3) is 0 Å². The number of nitrogens with one attached hydrogen (secondary N) is 2. The van der Waals surface area contributed by atoms with Crippen LogP contribution in [0.3, 0.4) is 0 Å². The van der Waals surface area contributed by atoms with E-state index in [0.29, 0.717) is 22.9 Å². The number of ether oxygens (including phenoxy) is 1. The summed E-state index contributed by atoms with van der Waals surface area (Å²) >= 11 is 0. The Morgan fingerprint density at radius 3 is 2.28 bits per heavy atom. The Kier molecular flexibility index (Phi) is 8.61. The van der Waals surface area contributed by atoms with Crippen LogP contribution in [0.4, 0.5) is 11.4 Å². The van der Waals surface area contributed by atoms with Gasteiger partial charge in [0.2, 0.25) is 0 Å². The molecule has 2 amide bonds. The smallest absolute Gasteiger partial charge is 0.262 e. The average molecular weight is 486 g/mol. The fourth-order valence-electron chi connectivity index (χ4n) is 4.60. The first-order valence-electron chi connectivity index (χ1n) is 12.7. The van der Waals surface area contributed by atoms with Crippen LogP contribution in [-0.2, 0) is 11.2 Å². The van der Waals surface area contributed by atoms with Crippen molar-refractivity contribution >= 4 is 23.2 Å². The van der Waals surface area contributed by atoms with Gasteiger partial charge in [-0.2, -0.15) is 0 Å². The second kappa shape index (κ2) is 12.2. The number of para-hydroxylation sites is 1. The summed E-state index contributed by atoms with van der Waals surface area (Å²) in [4.78, 5) is 27.9. The van der Waals surface area contributed by atoms with Gasteiger partial charge in [0.05, 0.1) is 5.56 Å². The predicted octanol–water partition coefficient (Wildman–Crippen LogP) is 5.30. The maximum absolute atomic E-state index is 13.1. The van der Waals surface area contributed by atoms with Crippen molar-refractivity contribution in [2.45, 2.75) is 39.2 Å². The zero-order valence-corrected chi connectivity index (χ0v) is 21.1. The number of benzene rings is 3. The minimum Gasteiger partial charge on any atom is -0.484 e. The van der Waals surface area contributed by atoms with E-state index in [1.807, 2.05) is 44.2 Å². The lowest BCUT2D eigenvalue weighted by atomic mass is 9.89. The van der Waals surface area contributed by atoms with Crippen LogP contribution in [-0.4, -0.2) is 37.6 Å². The number of carbonyl (C=O) groups is 2. The monoisotopic (exact) mass is 485 g/mol. The second-order valence-electron chi connectivity index (χ2n) is 9.63. The number of rotatable bonds is 9. The minimum absolute atomic E-state index is 0.0134. The second-order valence-corrected chi connectivity index (χ2v) is 9.63. The Hall–Kier alpha value is -3.80. The Labute approximate surface area is 213 Å². The van der Waals surface area contributed by atoms with Crippen molar-refractivity contribution in [2.24, 2.45) is 5.92 Å². The van der Waals surface area contributed by atoms with E-state index >= 15 is 0 Å². The number of piperidine rings is 1. The molecule has 0 aliphatic carbocycles. The number of amides is 2. The van der Waals surface area contributed by atoms with E-state index in [2.05, 4.69) is 45.9 Å². The molecule has 2 N–H and O–H groups in total. The topological polar surface area (TPSA) is 70.7 Å². The molecule has 1 saturated heterocycles. The zero-order chi connectivity index (χ0) is 25.3. The molecule has 1 heterocycles. The van der Waals surface area contributed by atoms with Crippen LogP contribution < -0.4 is 20.3 Å². The third kappa shape index (κ3) is 7.11. The molecular formula is C30H35N3O3. The molecule has 0 aromatic heterocycles. The molecule has 0 radical (unpaired) electrons. The molecule has 36 heavy (non-hydrogen) atoms. The summed E-state index contributed by atoms with van der Waals surface area (Å²) in [6, 6.07) is 25.4. The molecule has 6 heteroatoms. The summed E-state index contributed by atoms with van der Waals surface area (Å²) in [6.07, 6.45) is 3.25. The van der Waals surface area contributed by atoms with Crippen molar-refractivity contribution in [3.05, 3.63) is 90.0 Å². The zero-order valence-electron chi connectivity index (χ0n) is 21.1. The SMILES string of the molecule is CC(C)NC(=O)c1cc(NC(=O)COc2ccccc2)ccc1N1CCC(Cc2ccccc2)CC1. The van der Waals surface area contributed by atoms with Crippen molar-refractivity contribution in [1.29, 1.82) is 0 Å². The Morgan fingerprint density at radius 2 is 1.61 bits per heavy atom. The molecule has 1 fully saturated rings. The van der Waals surface area contributed by atoms with Crippen LogP contribution >= 0.6 is 0 Å². The molecule has 0 bridgehead atoms. The molecule has 4 rings (SSSR count). The Balaban J connectivity index is 1.42. The molecule has 1 aliphatic rings. The van der Waals surface area contributed by atoms with Gasteiger partial charge in [0, 0.05) is 30.5 Å². The number of nitrogens with zero attached hydrogens (tertiary/aromatic N) is 1. The molecule has 0 spiro atoms. The van der Waals surface area contributed by atoms with E-state index < -0.39 is 0 Å². The van der Waals surface area contributed by atoms with E-state index in [9.17, 15) is 9.59 Å². The minimum atomic E-state index is -0.274. The summed E-state index contributed by atoms with van der Waals surface area (Å²) in [6.45, 7) is 5.58. The van der Waals surface area contributed by atoms with E-state index in [1.54, 1.807) is 18.2 Å². The van der Waals surface area contributed by atoms with Crippen molar-refractivity contribution in [3.63, 3.8) is 0 Å². The van der Waals surface area contributed by atoms with Gasteiger partial charge in [0.25, 0.3) is 11.8 Å². The van der Waals surface area contributed by atoms with E-state index in [4.69, 9.17) is 4.74 Å². The van der Waals surface area contributed by atoms with E-state index in [0.717, 1.165) is 38.0 Å². The molecule has 0 unspecified atom stereocenters. The number of hydrogen-bond acceptors (Lipinski definition) is 4. The highest BCUT2D eigenvalue weighted by Gasteiger charge is 2.24. The van der Waals surface area contributed by atoms with Crippen molar-refractivity contribution in [2.75, 3.05) is 29.9 Å². The fraction of sp³-hybridized carbons (Fsp3) is 0.333. The van der Waals surface area contributed by atoms with Crippen LogP contribution in [0.2, 0.25) is 0 Å². The first-order chi connectivity index (χ1) is 17.5. The lowest BCUT2D eigenvalue weighted by Crippen LogP contribution is -2.37. The van der Waals surface area contributed by atoms with Gasteiger partial charge in [-0.25, -0.2) is 0 Å². The van der Waals surface area contributed by atoms with Gasteiger partial charge in [-0.05, 0) is 74.9 Å². The summed E-state index contributed by atoms with van der Waals surface area (Å²) in [7, 11) is 0. The largest absolute Gasteiger partial charge is 0.484 e. The summed E-state index contributed by atoms with van der Waals surface area (Å²) < 4.78 is 5.54. The van der Waals surface area contributed by atoms with Gasteiger partial charge in [-0.1, -0.05) is 48.5 Å². The molecule has 6 nitrogen and oxygen atoms in total. The highest BCUT2D eigenvalue weighted by Crippen LogP contribution is 2.30. The van der Waals surface area contributed by atoms with Gasteiger partial charge in [-0.3, -0.25) is 9.59 Å². The lowest BCUT2D eigenvalue weighted by Gasteiger charge is -2.35. The van der Waals surface area contributed by atoms with Crippen molar-refractivity contribution < 1.29 is 14.3 Å². The fourth-order valence-corrected chi connectivity index (χ4v) is 4.60. The highest BCUT2D eigenvalue weighted by atomic mass is 16.5. The Bertz CT molecular complexity index is 1140. The lowest BCUT2D eigenvalue weighted by molar-refractivity contribution is -0.118. The molecule has 1 aliphatic heterocycles. The number of hydrogen-bond donors (Lipinski definition) is 2. The van der Waals surface area contributed by atoms with Crippen LogP contribution in [0.15, 0.2) is 78.9 Å². The molecule has 3 aromatic rings. The summed E-state index contributed by atoms with van der Waals surface area (Å²) in [5, 5.41) is 5.87. The summed E-state index contributed by atoms with van der Waals surface area (Å²) in [5.74, 6) is 0.863. The third-order valence-electron chi connectivity index (χ3n) is 6.38. The van der Waals surface area contributed by atoms with E-state index in [-0.39, 0.29) is 24.5 Å². The van der Waals surface area contributed by atoms with Crippen LogP contribution in [0, 0.1) is 5.92 Å². The molecule has 0 saturated carbocycles. The van der Waals surface area contributed by atoms with E-state index in [1.165, 1.54) is 5.56 Å². The van der Waals surface area contributed by atoms with Crippen molar-refractivity contribution in [1.82, 2.24) is 5.32 Å². The van der Waals surface area contributed by atoms with Gasteiger partial charge in [0.1, 0.15) is 5.75 Å². The van der Waals surface area contributed by atoms with Crippen molar-refractivity contribution in [3.8, 4) is 5.75 Å². The van der Waals surface area contributed by atoms with Gasteiger partial charge >= 0.3 is 0 Å². The molecular weight excluding hydrogens is 450 g/mol. The number of carbonyl (C=O) groups excluding carboxylic acids is 2. The average Bonchev–Trinajstić information content (AvgIpc) is 2.89. The molecule has 188 valence electrons. The number of anilines is 2. The third-order valence-corrected chi connectivity index (χ3v) is 6.38. The van der Waals surface area contributed by atoms with Gasteiger partial charge < -0.3 is 20.3 Å². The maximum atomic E-state index is 13.1. The first-order valence-corrected chi connectivity index (χ1v) is 12.7. The standard InChI is InChI=1S/C30H35N3O3/c1-22(2)31-30(35)27-20-25(32-29(34)21-36-26-11-7-4-8-12-26)13-14-28(27)33-17-15-24(16-18-33)19-23-9-5-3-6-10-23/h3-14,20,22,24H,15-19,21H2,1-2H3,(H,31,35)(H,32,34). The van der Waals surface area contributed by atoms with Gasteiger partial charge in [0.15, 0.2) is 6.61 Å². The van der Waals surface area contributed by atoms with Crippen LogP contribution in [0.1, 0.15) is 42.6 Å². The highest BCUT2D eigenvalue weighted by molar-refractivity contribution is 6.02.